The highest BCUT2D eigenvalue weighted by atomic mass is 19.1. The molecule has 4 aromatic carbocycles. The van der Waals surface area contributed by atoms with Crippen LogP contribution in [0.5, 0.6) is 0 Å². The van der Waals surface area contributed by atoms with E-state index in [0.29, 0.717) is 18.8 Å². The molecule has 1 saturated heterocycles. The Morgan fingerprint density at radius 3 is 2.36 bits per heavy atom. The summed E-state index contributed by atoms with van der Waals surface area (Å²) >= 11 is 0. The quantitative estimate of drug-likeness (QED) is 0.182. The molecule has 2 nitrogen and oxygen atoms in total. The molecule has 1 atom stereocenters. The molecule has 1 aliphatic heterocycles. The van der Waals surface area contributed by atoms with Crippen LogP contribution in [0.2, 0.25) is 0 Å². The maximum absolute atomic E-state index is 15.1. The summed E-state index contributed by atoms with van der Waals surface area (Å²) in [5.74, 6) is 0.396. The van der Waals surface area contributed by atoms with E-state index in [-0.39, 0.29) is 12.5 Å². The fourth-order valence-corrected chi connectivity index (χ4v) is 7.11. The summed E-state index contributed by atoms with van der Waals surface area (Å²) in [6.07, 6.45) is 9.89. The number of methoxy groups -OCH3 is 1. The number of likely N-dealkylation sites (tertiary alicyclic amines) is 1. The third-order valence-corrected chi connectivity index (χ3v) is 9.38. The number of nitrogens with zero attached hydrogens (tertiary/aromatic N) is 1. The Bertz CT molecular complexity index is 1690. The molecule has 1 aliphatic carbocycles. The lowest BCUT2D eigenvalue weighted by molar-refractivity contribution is 0.277. The zero-order valence-corrected chi connectivity index (χ0v) is 28.5. The van der Waals surface area contributed by atoms with Crippen molar-refractivity contribution in [2.24, 2.45) is 5.92 Å². The highest BCUT2D eigenvalue weighted by Crippen LogP contribution is 2.42. The van der Waals surface area contributed by atoms with Crippen molar-refractivity contribution in [3.05, 3.63) is 136 Å². The van der Waals surface area contributed by atoms with Crippen molar-refractivity contribution in [1.29, 1.82) is 0 Å². The minimum absolute atomic E-state index is 0.119. The number of hydrogen-bond donors (Lipinski definition) is 0. The zero-order chi connectivity index (χ0) is 33.2. The smallest absolute Gasteiger partial charge is 0.126 e. The van der Waals surface area contributed by atoms with Crippen LogP contribution in [0.15, 0.2) is 91.0 Å². The van der Waals surface area contributed by atoms with Gasteiger partial charge < -0.3 is 9.64 Å². The Morgan fingerprint density at radius 2 is 1.62 bits per heavy atom. The van der Waals surface area contributed by atoms with E-state index in [1.54, 1.807) is 20.3 Å². The molecule has 0 N–H and O–H groups in total. The summed E-state index contributed by atoms with van der Waals surface area (Å²) in [7, 11) is 3.25. The van der Waals surface area contributed by atoms with Gasteiger partial charge in [-0.2, -0.15) is 0 Å². The minimum Gasteiger partial charge on any atom is -0.388 e. The van der Waals surface area contributed by atoms with E-state index in [2.05, 4.69) is 102 Å². The molecule has 6 rings (SSSR count). The van der Waals surface area contributed by atoms with Gasteiger partial charge in [0.1, 0.15) is 5.82 Å². The highest BCUT2D eigenvalue weighted by molar-refractivity contribution is 6.00. The van der Waals surface area contributed by atoms with Gasteiger partial charge in [0.25, 0.3) is 0 Å². The molecule has 1 fully saturated rings. The number of allylic oxidation sites excluding steroid dienone is 1. The molecule has 0 unspecified atom stereocenters. The van der Waals surface area contributed by atoms with Crippen molar-refractivity contribution in [3.8, 4) is 11.1 Å². The molecule has 0 spiro atoms. The third-order valence-electron chi connectivity index (χ3n) is 9.38. The monoisotopic (exact) mass is 633 g/mol. The summed E-state index contributed by atoms with van der Waals surface area (Å²) < 4.78 is 32.0. The second kappa shape index (κ2) is 16.8. The van der Waals surface area contributed by atoms with E-state index < -0.39 is 0 Å². The predicted octanol–water partition coefficient (Wildman–Crippen LogP) is 10.6. The molecule has 2 aliphatic rings. The first-order valence-electron chi connectivity index (χ1n) is 17.1. The van der Waals surface area contributed by atoms with E-state index in [4.69, 9.17) is 0 Å². The van der Waals surface area contributed by atoms with E-state index in [1.807, 2.05) is 13.0 Å². The van der Waals surface area contributed by atoms with Crippen LogP contribution in [-0.4, -0.2) is 45.4 Å². The van der Waals surface area contributed by atoms with Gasteiger partial charge in [0, 0.05) is 27.3 Å². The standard InChI is InChI=1S/C41H43F2N.C2H6O/c1-3-36-38(11-6-13-40(36)43)39-12-5-10-35-27-34(33-9-4-8-29(2)26-33)20-21-37(35)41(39)32-18-16-30(17-19-32)14-15-31-22-25-44(28-31)24-7-23-42;1-3-2/h4,6,8-9,11,13-21,26-27,31H,3,5,7,10,12,22-25,28H2,1-2H3;1-2H3/b15-14-;/t31-;/m0./s1. The summed E-state index contributed by atoms with van der Waals surface area (Å²) in [5.41, 5.74) is 13.0. The third kappa shape index (κ3) is 8.54. The molecule has 0 amide bonds. The summed E-state index contributed by atoms with van der Waals surface area (Å²) in [4.78, 5) is 2.37. The van der Waals surface area contributed by atoms with E-state index in [1.165, 1.54) is 50.1 Å². The van der Waals surface area contributed by atoms with Gasteiger partial charge >= 0.3 is 0 Å². The predicted molar refractivity (Wildman–Crippen MR) is 195 cm³/mol. The second-order valence-corrected chi connectivity index (χ2v) is 12.8. The highest BCUT2D eigenvalue weighted by Gasteiger charge is 2.23. The molecular formula is C43H49F2NO. The fraction of sp³-hybridized carbons (Fsp3) is 0.349. The Morgan fingerprint density at radius 1 is 0.872 bits per heavy atom. The number of aryl methyl sites for hydroxylation is 2. The average molecular weight is 634 g/mol. The van der Waals surface area contributed by atoms with Crippen LogP contribution in [0.25, 0.3) is 28.3 Å². The largest absolute Gasteiger partial charge is 0.388 e. The van der Waals surface area contributed by atoms with Gasteiger partial charge in [-0.1, -0.05) is 104 Å². The maximum atomic E-state index is 15.1. The SMILES string of the molecule is CCc1c(F)cccc1C1=C(c2ccc(/C=C\[C@H]3CCN(CCCF)C3)cc2)c2ccc(-c3cccc(C)c3)cc2CCC1.COC. The Balaban J connectivity index is 0.00000139. The molecule has 0 aromatic heterocycles. The summed E-state index contributed by atoms with van der Waals surface area (Å²) in [6.45, 7) is 6.87. The van der Waals surface area contributed by atoms with Crippen molar-refractivity contribution in [2.45, 2.75) is 52.4 Å². The van der Waals surface area contributed by atoms with Gasteiger partial charge in [0.05, 0.1) is 6.67 Å². The normalized spacial score (nSPS) is 16.6. The second-order valence-electron chi connectivity index (χ2n) is 12.8. The first-order chi connectivity index (χ1) is 22.9. The molecular weight excluding hydrogens is 584 g/mol. The van der Waals surface area contributed by atoms with Crippen LogP contribution in [0.4, 0.5) is 8.78 Å². The molecule has 246 valence electrons. The Labute approximate surface area is 280 Å². The number of halogens is 2. The molecule has 0 bridgehead atoms. The molecule has 4 heteroatoms. The lowest BCUT2D eigenvalue weighted by Crippen LogP contribution is -2.21. The van der Waals surface area contributed by atoms with E-state index in [9.17, 15) is 4.39 Å². The number of hydrogen-bond acceptors (Lipinski definition) is 2. The van der Waals surface area contributed by atoms with Crippen molar-refractivity contribution < 1.29 is 13.5 Å². The number of rotatable bonds is 9. The molecule has 4 aromatic rings. The molecule has 0 radical (unpaired) electrons. The molecule has 0 saturated carbocycles. The Kier molecular flexibility index (Phi) is 12.3. The van der Waals surface area contributed by atoms with Gasteiger partial charge in [0.15, 0.2) is 0 Å². The fourth-order valence-electron chi connectivity index (χ4n) is 7.11. The first kappa shape index (κ1) is 34.5. The van der Waals surface area contributed by atoms with Crippen molar-refractivity contribution >= 4 is 17.2 Å². The van der Waals surface area contributed by atoms with Crippen molar-refractivity contribution in [2.75, 3.05) is 40.5 Å². The first-order valence-corrected chi connectivity index (χ1v) is 17.1. The lowest BCUT2D eigenvalue weighted by atomic mass is 9.85. The van der Waals surface area contributed by atoms with E-state index in [0.717, 1.165) is 56.4 Å². The van der Waals surface area contributed by atoms with Gasteiger partial charge in [-0.25, -0.2) is 4.39 Å². The summed E-state index contributed by atoms with van der Waals surface area (Å²) in [5, 5.41) is 0. The zero-order valence-electron chi connectivity index (χ0n) is 28.5. The number of alkyl halides is 1. The summed E-state index contributed by atoms with van der Waals surface area (Å²) in [6, 6.07) is 30.1. The van der Waals surface area contributed by atoms with Gasteiger partial charge in [-0.05, 0) is 120 Å². The van der Waals surface area contributed by atoms with Crippen molar-refractivity contribution in [1.82, 2.24) is 4.90 Å². The van der Waals surface area contributed by atoms with Crippen LogP contribution >= 0.6 is 0 Å². The van der Waals surface area contributed by atoms with Crippen LogP contribution in [-0.2, 0) is 17.6 Å². The van der Waals surface area contributed by atoms with Crippen LogP contribution < -0.4 is 0 Å². The van der Waals surface area contributed by atoms with E-state index >= 15 is 4.39 Å². The van der Waals surface area contributed by atoms with Gasteiger partial charge in [-0.3, -0.25) is 4.39 Å². The van der Waals surface area contributed by atoms with Gasteiger partial charge in [-0.15, -0.1) is 0 Å². The van der Waals surface area contributed by atoms with Crippen LogP contribution in [0.1, 0.15) is 71.6 Å². The minimum atomic E-state index is -0.237. The van der Waals surface area contributed by atoms with Gasteiger partial charge in [0.2, 0.25) is 0 Å². The van der Waals surface area contributed by atoms with Crippen LogP contribution in [0.3, 0.4) is 0 Å². The number of benzene rings is 4. The van der Waals surface area contributed by atoms with Crippen molar-refractivity contribution in [3.63, 3.8) is 0 Å². The molecule has 47 heavy (non-hydrogen) atoms. The lowest BCUT2D eigenvalue weighted by Gasteiger charge is -2.19. The topological polar surface area (TPSA) is 12.5 Å². The average Bonchev–Trinajstić information content (AvgIpc) is 3.46. The Hall–Kier alpha value is -3.86. The number of fused-ring (bicyclic) bond motifs is 1. The maximum Gasteiger partial charge on any atom is 0.126 e. The van der Waals surface area contributed by atoms with Crippen LogP contribution in [0, 0.1) is 18.7 Å². The number of ether oxygens (including phenoxy) is 1. The molecule has 1 heterocycles.